The van der Waals surface area contributed by atoms with E-state index in [0.717, 1.165) is 41.8 Å². The Hall–Kier alpha value is -3.93. The van der Waals surface area contributed by atoms with E-state index in [1.165, 1.54) is 12.0 Å². The van der Waals surface area contributed by atoms with Gasteiger partial charge in [-0.05, 0) is 72.3 Å². The summed E-state index contributed by atoms with van der Waals surface area (Å²) in [5.74, 6) is -0.306. The highest BCUT2D eigenvalue weighted by Gasteiger charge is 2.39. The van der Waals surface area contributed by atoms with E-state index < -0.39 is 5.92 Å². The maximum Gasteiger partial charge on any atom is 0.239 e. The number of hydrogen-bond acceptors (Lipinski definition) is 3. The minimum absolute atomic E-state index is 0.0901. The van der Waals surface area contributed by atoms with Crippen molar-refractivity contribution in [2.45, 2.75) is 44.2 Å². The van der Waals surface area contributed by atoms with E-state index in [0.29, 0.717) is 43.0 Å². The van der Waals surface area contributed by atoms with Crippen LogP contribution in [0.5, 0.6) is 0 Å². The van der Waals surface area contributed by atoms with Crippen molar-refractivity contribution < 1.29 is 9.59 Å². The third-order valence-corrected chi connectivity index (χ3v) is 8.90. The Balaban J connectivity index is 1.12. The van der Waals surface area contributed by atoms with Gasteiger partial charge in [0, 0.05) is 42.3 Å². The molecule has 0 bridgehead atoms. The monoisotopic (exact) mass is 591 g/mol. The van der Waals surface area contributed by atoms with E-state index in [2.05, 4.69) is 59.9 Å². The Labute approximate surface area is 259 Å². The largest absolute Gasteiger partial charge is 0.336 e. The van der Waals surface area contributed by atoms with E-state index >= 15 is 0 Å². The summed E-state index contributed by atoms with van der Waals surface area (Å²) in [6, 6.07) is 37.1. The molecule has 2 amide bonds. The quantitative estimate of drug-likeness (QED) is 0.147. The second kappa shape index (κ2) is 13.6. The fourth-order valence-electron chi connectivity index (χ4n) is 6.19. The van der Waals surface area contributed by atoms with Crippen molar-refractivity contribution in [3.63, 3.8) is 0 Å². The van der Waals surface area contributed by atoms with Gasteiger partial charge < -0.3 is 15.1 Å². The average molecular weight is 592 g/mol. The van der Waals surface area contributed by atoms with Crippen LogP contribution >= 0.6 is 11.6 Å². The fourth-order valence-corrected chi connectivity index (χ4v) is 6.40. The van der Waals surface area contributed by atoms with E-state index in [1.54, 1.807) is 0 Å². The number of hydrogen-bond donors (Lipinski definition) is 1. The molecule has 4 aromatic rings. The zero-order chi connectivity index (χ0) is 29.6. The first-order chi connectivity index (χ1) is 21.1. The SMILES string of the molecule is O=C1C(CCCCN[C@@H]2C[C@H]2c2ccccc2)C(=O)N(c2ccc(-c3ccccc3)cc2)CCN1Cc1cccc(Cl)c1. The highest BCUT2D eigenvalue weighted by Crippen LogP contribution is 2.40. The van der Waals surface area contributed by atoms with Gasteiger partial charge in [0.1, 0.15) is 5.92 Å². The lowest BCUT2D eigenvalue weighted by atomic mass is 9.98. The molecule has 5 nitrogen and oxygen atoms in total. The van der Waals surface area contributed by atoms with Crippen LogP contribution in [0.1, 0.15) is 42.7 Å². The molecule has 1 saturated heterocycles. The fraction of sp³-hybridized carbons (Fsp3) is 0.297. The Morgan fingerprint density at radius 1 is 0.744 bits per heavy atom. The molecule has 3 atom stereocenters. The number of anilines is 1. The highest BCUT2D eigenvalue weighted by molar-refractivity contribution is 6.30. The number of carbonyl (C=O) groups is 2. The Morgan fingerprint density at radius 2 is 1.47 bits per heavy atom. The molecule has 6 heteroatoms. The van der Waals surface area contributed by atoms with Crippen LogP contribution in [-0.4, -0.2) is 42.4 Å². The molecule has 1 saturated carbocycles. The summed E-state index contributed by atoms with van der Waals surface area (Å²) in [7, 11) is 0. The van der Waals surface area contributed by atoms with Crippen LogP contribution in [-0.2, 0) is 16.1 Å². The van der Waals surface area contributed by atoms with Crippen molar-refractivity contribution in [1.82, 2.24) is 10.2 Å². The van der Waals surface area contributed by atoms with Crippen LogP contribution < -0.4 is 10.2 Å². The van der Waals surface area contributed by atoms with Gasteiger partial charge in [-0.25, -0.2) is 0 Å². The van der Waals surface area contributed by atoms with E-state index in [1.807, 2.05) is 64.4 Å². The number of nitrogens with one attached hydrogen (secondary N) is 1. The van der Waals surface area contributed by atoms with Gasteiger partial charge in [0.05, 0.1) is 0 Å². The van der Waals surface area contributed by atoms with Gasteiger partial charge in [0.25, 0.3) is 0 Å². The van der Waals surface area contributed by atoms with Gasteiger partial charge in [0.2, 0.25) is 11.8 Å². The predicted octanol–water partition coefficient (Wildman–Crippen LogP) is 7.31. The standard InChI is InChI=1S/C37H38ClN3O2/c38-31-15-9-10-27(24-31)26-40-22-23-41(32-19-17-29(18-20-32)28-11-3-1-4-12-28)37(43)33(36(40)42)16-7-8-21-39-35-25-34(35)30-13-5-2-6-14-30/h1-6,9-15,17-20,24,33-35,39H,7-8,16,21-23,25-26H2/t33?,34-,35+/m0/s1. The highest BCUT2D eigenvalue weighted by atomic mass is 35.5. The molecular formula is C37H38ClN3O2. The molecule has 220 valence electrons. The average Bonchev–Trinajstić information content (AvgIpc) is 3.83. The lowest BCUT2D eigenvalue weighted by Crippen LogP contribution is -2.39. The van der Waals surface area contributed by atoms with Gasteiger partial charge in [0.15, 0.2) is 0 Å². The van der Waals surface area contributed by atoms with Crippen molar-refractivity contribution >= 4 is 29.1 Å². The van der Waals surface area contributed by atoms with Crippen molar-refractivity contribution in [3.8, 4) is 11.1 Å². The predicted molar refractivity (Wildman–Crippen MR) is 174 cm³/mol. The summed E-state index contributed by atoms with van der Waals surface area (Å²) in [5.41, 5.74) is 5.42. The van der Waals surface area contributed by atoms with E-state index in [-0.39, 0.29) is 11.8 Å². The third-order valence-electron chi connectivity index (χ3n) is 8.66. The molecule has 1 aliphatic heterocycles. The van der Waals surface area contributed by atoms with Crippen LogP contribution in [0.4, 0.5) is 5.69 Å². The summed E-state index contributed by atoms with van der Waals surface area (Å²) in [6.07, 6.45) is 3.44. The normalized spacial score (nSPS) is 20.3. The molecule has 2 aliphatic rings. The smallest absolute Gasteiger partial charge is 0.239 e. The summed E-state index contributed by atoms with van der Waals surface area (Å²) in [6.45, 7) is 2.25. The zero-order valence-corrected chi connectivity index (χ0v) is 25.1. The molecule has 1 aliphatic carbocycles. The molecular weight excluding hydrogens is 554 g/mol. The maximum atomic E-state index is 14.0. The summed E-state index contributed by atoms with van der Waals surface area (Å²) >= 11 is 6.24. The van der Waals surface area contributed by atoms with Crippen LogP contribution in [0.3, 0.4) is 0 Å². The van der Waals surface area contributed by atoms with Gasteiger partial charge in [-0.2, -0.15) is 0 Å². The van der Waals surface area contributed by atoms with Crippen LogP contribution in [0.15, 0.2) is 109 Å². The lowest BCUT2D eigenvalue weighted by Gasteiger charge is -2.23. The number of carbonyl (C=O) groups excluding carboxylic acids is 2. The van der Waals surface area contributed by atoms with Gasteiger partial charge in [-0.1, -0.05) is 103 Å². The lowest BCUT2D eigenvalue weighted by molar-refractivity contribution is -0.140. The number of halogens is 1. The van der Waals surface area contributed by atoms with E-state index in [9.17, 15) is 9.59 Å². The van der Waals surface area contributed by atoms with Crippen LogP contribution in [0.2, 0.25) is 5.02 Å². The summed E-state index contributed by atoms with van der Waals surface area (Å²) < 4.78 is 0. The number of amides is 2. The minimum atomic E-state index is -0.700. The van der Waals surface area contributed by atoms with Crippen molar-refractivity contribution in [2.24, 2.45) is 5.92 Å². The Kier molecular flexibility index (Phi) is 9.21. The molecule has 43 heavy (non-hydrogen) atoms. The van der Waals surface area contributed by atoms with Crippen molar-refractivity contribution in [1.29, 1.82) is 0 Å². The zero-order valence-electron chi connectivity index (χ0n) is 24.4. The Morgan fingerprint density at radius 3 is 2.21 bits per heavy atom. The molecule has 6 rings (SSSR count). The summed E-state index contributed by atoms with van der Waals surface area (Å²) in [5, 5.41) is 4.32. The molecule has 1 heterocycles. The molecule has 4 aromatic carbocycles. The van der Waals surface area contributed by atoms with Crippen LogP contribution in [0.25, 0.3) is 11.1 Å². The first kappa shape index (κ1) is 29.2. The van der Waals surface area contributed by atoms with Crippen LogP contribution in [0, 0.1) is 5.92 Å². The van der Waals surface area contributed by atoms with E-state index in [4.69, 9.17) is 11.6 Å². The number of rotatable bonds is 11. The van der Waals surface area contributed by atoms with Gasteiger partial charge >= 0.3 is 0 Å². The van der Waals surface area contributed by atoms with Gasteiger partial charge in [-0.15, -0.1) is 0 Å². The minimum Gasteiger partial charge on any atom is -0.336 e. The number of unbranched alkanes of at least 4 members (excludes halogenated alkanes) is 1. The second-order valence-electron chi connectivity index (χ2n) is 11.7. The molecule has 0 spiro atoms. The van der Waals surface area contributed by atoms with Crippen molar-refractivity contribution in [2.75, 3.05) is 24.5 Å². The van der Waals surface area contributed by atoms with Crippen molar-refractivity contribution in [3.05, 3.63) is 125 Å². The molecule has 1 N–H and O–H groups in total. The molecule has 0 aromatic heterocycles. The third kappa shape index (κ3) is 7.18. The molecule has 0 radical (unpaired) electrons. The summed E-state index contributed by atoms with van der Waals surface area (Å²) in [4.78, 5) is 31.5. The maximum absolute atomic E-state index is 14.0. The van der Waals surface area contributed by atoms with Gasteiger partial charge in [-0.3, -0.25) is 9.59 Å². The molecule has 1 unspecified atom stereocenters. The first-order valence-electron chi connectivity index (χ1n) is 15.4. The second-order valence-corrected chi connectivity index (χ2v) is 12.1. The number of nitrogens with zero attached hydrogens (tertiary/aromatic N) is 2. The molecule has 2 fully saturated rings. The topological polar surface area (TPSA) is 52.7 Å². The Bertz CT molecular complexity index is 1530. The number of benzene rings is 4. The first-order valence-corrected chi connectivity index (χ1v) is 15.7.